The molecule has 0 saturated carbocycles. The van der Waals surface area contributed by atoms with E-state index >= 15 is 0 Å². The molecule has 4 rings (SSSR count). The number of hydrogen-bond donors (Lipinski definition) is 0. The van der Waals surface area contributed by atoms with Gasteiger partial charge in [0.25, 0.3) is 0 Å². The van der Waals surface area contributed by atoms with Gasteiger partial charge < -0.3 is 9.30 Å². The molecule has 36 heavy (non-hydrogen) atoms. The number of hydrogen-bond acceptors (Lipinski definition) is 4. The Bertz CT molecular complexity index is 1430. The summed E-state index contributed by atoms with van der Waals surface area (Å²) in [5, 5.41) is 9.45. The van der Waals surface area contributed by atoms with Gasteiger partial charge in [0.05, 0.1) is 17.3 Å². The molecule has 0 spiro atoms. The van der Waals surface area contributed by atoms with Crippen LogP contribution in [0.2, 0.25) is 0 Å². The number of aryl methyl sites for hydroxylation is 2. The van der Waals surface area contributed by atoms with Crippen molar-refractivity contribution in [3.8, 4) is 28.7 Å². The molecule has 0 atom stereocenters. The molecule has 0 saturated heterocycles. The number of aromatic nitrogens is 2. The average Bonchev–Trinajstić information content (AvgIpc) is 2.92. The van der Waals surface area contributed by atoms with Crippen LogP contribution < -0.4 is 10.3 Å². The number of rotatable bonds is 9. The van der Waals surface area contributed by atoms with Crippen molar-refractivity contribution in [3.63, 3.8) is 0 Å². The molecule has 1 aromatic heterocycles. The van der Waals surface area contributed by atoms with E-state index in [1.165, 1.54) is 5.56 Å². The monoisotopic (exact) mass is 477 g/mol. The highest BCUT2D eigenvalue weighted by molar-refractivity contribution is 5.70. The summed E-state index contributed by atoms with van der Waals surface area (Å²) >= 11 is 0. The third kappa shape index (κ3) is 5.39. The lowest BCUT2D eigenvalue weighted by Gasteiger charge is -2.20. The maximum atomic E-state index is 13.0. The third-order valence-corrected chi connectivity index (χ3v) is 6.34. The van der Waals surface area contributed by atoms with Crippen molar-refractivity contribution in [2.45, 2.75) is 53.0 Å². The van der Waals surface area contributed by atoms with Gasteiger partial charge in [0.1, 0.15) is 11.6 Å². The second-order valence-electron chi connectivity index (χ2n) is 8.75. The van der Waals surface area contributed by atoms with E-state index in [1.54, 1.807) is 0 Å². The van der Waals surface area contributed by atoms with Crippen LogP contribution in [-0.2, 0) is 25.8 Å². The Balaban J connectivity index is 1.70. The van der Waals surface area contributed by atoms with Crippen molar-refractivity contribution in [3.05, 3.63) is 111 Å². The third-order valence-electron chi connectivity index (χ3n) is 6.34. The molecule has 0 aliphatic rings. The minimum absolute atomic E-state index is 0.293. The summed E-state index contributed by atoms with van der Waals surface area (Å²) < 4.78 is 8.24. The summed E-state index contributed by atoms with van der Waals surface area (Å²) in [5.41, 5.74) is 5.39. The van der Waals surface area contributed by atoms with E-state index < -0.39 is 0 Å². The second-order valence-corrected chi connectivity index (χ2v) is 8.75. The van der Waals surface area contributed by atoms with Gasteiger partial charge in [-0.15, -0.1) is 0 Å². The molecule has 1 heterocycles. The summed E-state index contributed by atoms with van der Waals surface area (Å²) in [4.78, 5) is 17.4. The zero-order chi connectivity index (χ0) is 25.5. The van der Waals surface area contributed by atoms with Gasteiger partial charge in [-0.1, -0.05) is 75.4 Å². The molecule has 0 aliphatic carbocycles. The smallest absolute Gasteiger partial charge is 0.316 e. The largest absolute Gasteiger partial charge is 0.450 e. The van der Waals surface area contributed by atoms with Gasteiger partial charge in [0.15, 0.2) is 0 Å². The van der Waals surface area contributed by atoms with E-state index in [0.717, 1.165) is 41.1 Å². The predicted octanol–water partition coefficient (Wildman–Crippen LogP) is 6.70. The molecule has 0 fully saturated rings. The van der Waals surface area contributed by atoms with Crippen LogP contribution in [0.15, 0.2) is 77.6 Å². The zero-order valence-electron chi connectivity index (χ0n) is 21.1. The summed E-state index contributed by atoms with van der Waals surface area (Å²) in [7, 11) is 0. The van der Waals surface area contributed by atoms with E-state index in [4.69, 9.17) is 4.74 Å². The number of benzene rings is 3. The molecule has 0 amide bonds. The molecule has 182 valence electrons. The van der Waals surface area contributed by atoms with Crippen molar-refractivity contribution < 1.29 is 4.74 Å². The van der Waals surface area contributed by atoms with Crippen molar-refractivity contribution >= 4 is 0 Å². The first-order chi connectivity index (χ1) is 17.6. The van der Waals surface area contributed by atoms with Gasteiger partial charge in [0.2, 0.25) is 5.75 Å². The number of nitriles is 1. The normalized spacial score (nSPS) is 10.7. The molecule has 3 aromatic carbocycles. The summed E-state index contributed by atoms with van der Waals surface area (Å²) in [6.45, 7) is 6.81. The van der Waals surface area contributed by atoms with E-state index in [9.17, 15) is 10.1 Å². The first kappa shape index (κ1) is 24.9. The Morgan fingerprint density at radius 1 is 0.889 bits per heavy atom. The van der Waals surface area contributed by atoms with Crippen LogP contribution in [0.25, 0.3) is 11.1 Å². The predicted molar refractivity (Wildman–Crippen MR) is 143 cm³/mol. The van der Waals surface area contributed by atoms with Gasteiger partial charge in [-0.05, 0) is 59.7 Å². The molecule has 0 N–H and O–H groups in total. The molecule has 5 heteroatoms. The number of nitrogens with zero attached hydrogens (tertiary/aromatic N) is 3. The Labute approximate surface area is 212 Å². The van der Waals surface area contributed by atoms with Crippen LogP contribution in [0.1, 0.15) is 55.4 Å². The fourth-order valence-electron chi connectivity index (χ4n) is 4.40. The van der Waals surface area contributed by atoms with E-state index in [-0.39, 0.29) is 5.56 Å². The Morgan fingerprint density at radius 2 is 1.58 bits per heavy atom. The van der Waals surface area contributed by atoms with Crippen LogP contribution >= 0.6 is 0 Å². The van der Waals surface area contributed by atoms with Gasteiger partial charge >= 0.3 is 5.56 Å². The molecule has 0 aliphatic heterocycles. The van der Waals surface area contributed by atoms with E-state index in [1.807, 2.05) is 67.6 Å². The summed E-state index contributed by atoms with van der Waals surface area (Å²) in [6, 6.07) is 25.9. The quantitative estimate of drug-likeness (QED) is 0.269. The van der Waals surface area contributed by atoms with Gasteiger partial charge in [-0.3, -0.25) is 4.79 Å². The first-order valence-electron chi connectivity index (χ1n) is 12.6. The molecule has 4 aromatic rings. The van der Waals surface area contributed by atoms with Gasteiger partial charge in [0, 0.05) is 13.0 Å². The number of ether oxygens (including phenoxy) is 1. The fourth-order valence-corrected chi connectivity index (χ4v) is 4.40. The summed E-state index contributed by atoms with van der Waals surface area (Å²) in [6.07, 6.45) is 3.19. The maximum Gasteiger partial charge on any atom is 0.316 e. The molecular formula is C31H31N3O2. The van der Waals surface area contributed by atoms with Crippen LogP contribution in [0.5, 0.6) is 11.5 Å². The van der Waals surface area contributed by atoms with Crippen LogP contribution in [0, 0.1) is 11.3 Å². The Morgan fingerprint density at radius 3 is 2.22 bits per heavy atom. The SMILES string of the molecule is CCCc1nc(=O)c(Oc2ccc(CC)cc2)c(CC)n1Cc1ccc(-c2ccccc2C#N)cc1. The highest BCUT2D eigenvalue weighted by Crippen LogP contribution is 2.26. The van der Waals surface area contributed by atoms with Crippen molar-refractivity contribution in [1.29, 1.82) is 5.26 Å². The highest BCUT2D eigenvalue weighted by atomic mass is 16.5. The average molecular weight is 478 g/mol. The lowest BCUT2D eigenvalue weighted by Crippen LogP contribution is -2.24. The fraction of sp³-hybridized carbons (Fsp3) is 0.258. The van der Waals surface area contributed by atoms with Crippen LogP contribution in [0.3, 0.4) is 0 Å². The Hall–Kier alpha value is -4.17. The molecule has 5 nitrogen and oxygen atoms in total. The van der Waals surface area contributed by atoms with Gasteiger partial charge in [-0.25, -0.2) is 0 Å². The minimum Gasteiger partial charge on any atom is -0.450 e. The lowest BCUT2D eigenvalue weighted by molar-refractivity contribution is 0.450. The lowest BCUT2D eigenvalue weighted by atomic mass is 9.99. The molecule has 0 radical (unpaired) electrons. The molecular weight excluding hydrogens is 446 g/mol. The minimum atomic E-state index is -0.324. The van der Waals surface area contributed by atoms with E-state index in [2.05, 4.69) is 41.6 Å². The maximum absolute atomic E-state index is 13.0. The van der Waals surface area contributed by atoms with Crippen LogP contribution in [-0.4, -0.2) is 9.55 Å². The van der Waals surface area contributed by atoms with Crippen LogP contribution in [0.4, 0.5) is 0 Å². The second kappa shape index (κ2) is 11.5. The Kier molecular flexibility index (Phi) is 7.97. The standard InChI is InChI=1S/C31H31N3O2/c1-4-9-29-33-31(35)30(36-26-18-14-22(5-2)15-19-26)28(6-3)34(29)21-23-12-16-24(17-13-23)27-11-8-7-10-25(27)20-32/h7-8,10-19H,4-6,9,21H2,1-3H3. The van der Waals surface area contributed by atoms with E-state index in [0.29, 0.717) is 36.4 Å². The zero-order valence-corrected chi connectivity index (χ0v) is 21.1. The van der Waals surface area contributed by atoms with Crippen molar-refractivity contribution in [2.75, 3.05) is 0 Å². The molecule has 0 bridgehead atoms. The summed E-state index contributed by atoms with van der Waals surface area (Å²) in [5.74, 6) is 1.70. The van der Waals surface area contributed by atoms with Gasteiger partial charge in [-0.2, -0.15) is 10.2 Å². The molecule has 0 unspecified atom stereocenters. The van der Waals surface area contributed by atoms with Crippen molar-refractivity contribution in [1.82, 2.24) is 9.55 Å². The first-order valence-corrected chi connectivity index (χ1v) is 12.6. The topological polar surface area (TPSA) is 67.9 Å². The highest BCUT2D eigenvalue weighted by Gasteiger charge is 2.18. The van der Waals surface area contributed by atoms with Crippen molar-refractivity contribution in [2.24, 2.45) is 0 Å².